The van der Waals surface area contributed by atoms with Gasteiger partial charge in [-0.15, -0.1) is 0 Å². The van der Waals surface area contributed by atoms with Gasteiger partial charge in [-0.1, -0.05) is 97.1 Å². The summed E-state index contributed by atoms with van der Waals surface area (Å²) in [5.74, 6) is 0. The molecule has 5 rings (SSSR count). The highest BCUT2D eigenvalue weighted by Gasteiger charge is 2.22. The van der Waals surface area contributed by atoms with Crippen LogP contribution in [0.4, 0.5) is 0 Å². The summed E-state index contributed by atoms with van der Waals surface area (Å²) in [6.45, 7) is 10.5. The Labute approximate surface area is 186 Å². The van der Waals surface area contributed by atoms with Crippen molar-refractivity contribution in [1.82, 2.24) is 4.90 Å². The Bertz CT molecular complexity index is 1470. The van der Waals surface area contributed by atoms with Crippen LogP contribution in [0.1, 0.15) is 11.1 Å². The zero-order valence-corrected chi connectivity index (χ0v) is 20.5. The maximum absolute atomic E-state index is 2.46. The van der Waals surface area contributed by atoms with Crippen LogP contribution in [-0.2, 0) is 6.54 Å². The zero-order valence-electron chi connectivity index (χ0n) is 19.5. The fourth-order valence-corrected chi connectivity index (χ4v) is 6.72. The maximum atomic E-state index is 2.46. The lowest BCUT2D eigenvalue weighted by molar-refractivity contribution is 0.404. The van der Waals surface area contributed by atoms with Crippen LogP contribution in [0.2, 0.25) is 19.6 Å². The Hall–Kier alpha value is -2.68. The van der Waals surface area contributed by atoms with E-state index in [9.17, 15) is 0 Å². The molecule has 31 heavy (non-hydrogen) atoms. The summed E-state index contributed by atoms with van der Waals surface area (Å²) in [5.41, 5.74) is 2.73. The molecule has 0 saturated carbocycles. The molecule has 0 aromatic heterocycles. The first-order valence-corrected chi connectivity index (χ1v) is 14.7. The first-order chi connectivity index (χ1) is 14.7. The highest BCUT2D eigenvalue weighted by molar-refractivity contribution is 6.90. The van der Waals surface area contributed by atoms with Gasteiger partial charge in [0.1, 0.15) is 0 Å². The van der Waals surface area contributed by atoms with Crippen LogP contribution in [0.15, 0.2) is 66.7 Å². The van der Waals surface area contributed by atoms with E-state index in [1.54, 1.807) is 5.19 Å². The lowest BCUT2D eigenvalue weighted by atomic mass is 9.90. The van der Waals surface area contributed by atoms with Gasteiger partial charge >= 0.3 is 0 Å². The second-order valence-corrected chi connectivity index (χ2v) is 15.3. The van der Waals surface area contributed by atoms with Crippen molar-refractivity contribution in [3.05, 3.63) is 77.9 Å². The second kappa shape index (κ2) is 7.18. The molecule has 0 aliphatic rings. The predicted octanol–water partition coefficient (Wildman–Crippen LogP) is 7.21. The molecule has 5 aromatic rings. The molecule has 0 aliphatic heterocycles. The van der Waals surface area contributed by atoms with Crippen molar-refractivity contribution >= 4 is 56.4 Å². The Morgan fingerprint density at radius 3 is 1.94 bits per heavy atom. The van der Waals surface area contributed by atoms with Crippen molar-refractivity contribution in [3.8, 4) is 0 Å². The Morgan fingerprint density at radius 1 is 0.645 bits per heavy atom. The molecule has 0 heterocycles. The van der Waals surface area contributed by atoms with Crippen molar-refractivity contribution in [3.63, 3.8) is 0 Å². The largest absolute Gasteiger partial charge is 0.305 e. The fraction of sp³-hybridized carbons (Fsp3) is 0.241. The minimum absolute atomic E-state index is 0.946. The third-order valence-electron chi connectivity index (χ3n) is 6.50. The van der Waals surface area contributed by atoms with E-state index in [1.807, 2.05) is 0 Å². The third kappa shape index (κ3) is 3.35. The number of hydrogen-bond donors (Lipinski definition) is 0. The van der Waals surface area contributed by atoms with Crippen LogP contribution in [0.3, 0.4) is 0 Å². The van der Waals surface area contributed by atoms with E-state index in [2.05, 4.69) is 112 Å². The van der Waals surface area contributed by atoms with Gasteiger partial charge in [-0.05, 0) is 69.7 Å². The molecule has 0 spiro atoms. The molecule has 2 heteroatoms. The normalized spacial score (nSPS) is 12.6. The van der Waals surface area contributed by atoms with Crippen LogP contribution in [0.25, 0.3) is 43.1 Å². The molecule has 0 fully saturated rings. The Morgan fingerprint density at radius 2 is 1.26 bits per heavy atom. The van der Waals surface area contributed by atoms with Crippen molar-refractivity contribution in [1.29, 1.82) is 0 Å². The van der Waals surface area contributed by atoms with Gasteiger partial charge < -0.3 is 4.90 Å². The first kappa shape index (κ1) is 20.2. The molecule has 0 unspecified atom stereocenters. The third-order valence-corrected chi connectivity index (χ3v) is 8.55. The molecule has 0 bridgehead atoms. The summed E-state index contributed by atoms with van der Waals surface area (Å²) in [6.07, 6.45) is 0. The molecule has 0 radical (unpaired) electrons. The van der Waals surface area contributed by atoms with E-state index in [1.165, 1.54) is 54.2 Å². The number of nitrogens with zero attached hydrogens (tertiary/aromatic N) is 1. The van der Waals surface area contributed by atoms with Crippen molar-refractivity contribution in [2.75, 3.05) is 14.1 Å². The van der Waals surface area contributed by atoms with E-state index in [0.717, 1.165) is 6.54 Å². The van der Waals surface area contributed by atoms with Gasteiger partial charge in [0.2, 0.25) is 0 Å². The molecule has 0 aliphatic carbocycles. The average Bonchev–Trinajstić information content (AvgIpc) is 2.71. The van der Waals surface area contributed by atoms with Crippen LogP contribution >= 0.6 is 0 Å². The SMILES string of the molecule is Cc1ccc2ccc3ccc4ccc5c([Si](C)(C)C)ccc(CN(C)C)c5c4c3c2c1. The minimum Gasteiger partial charge on any atom is -0.305 e. The number of hydrogen-bond acceptors (Lipinski definition) is 1. The summed E-state index contributed by atoms with van der Waals surface area (Å²) < 4.78 is 0. The van der Waals surface area contributed by atoms with Gasteiger partial charge in [0, 0.05) is 6.54 Å². The van der Waals surface area contributed by atoms with Crippen LogP contribution in [-0.4, -0.2) is 27.1 Å². The van der Waals surface area contributed by atoms with Gasteiger partial charge in [-0.25, -0.2) is 0 Å². The van der Waals surface area contributed by atoms with E-state index in [0.29, 0.717) is 0 Å². The minimum atomic E-state index is -1.49. The molecule has 0 amide bonds. The highest BCUT2D eigenvalue weighted by Crippen LogP contribution is 2.38. The molecule has 0 saturated heterocycles. The van der Waals surface area contributed by atoms with Crippen LogP contribution < -0.4 is 5.19 Å². The summed E-state index contributed by atoms with van der Waals surface area (Å²) >= 11 is 0. The van der Waals surface area contributed by atoms with Crippen molar-refractivity contribution < 1.29 is 0 Å². The van der Waals surface area contributed by atoms with Crippen LogP contribution in [0, 0.1) is 6.92 Å². The number of rotatable bonds is 3. The van der Waals surface area contributed by atoms with E-state index in [-0.39, 0.29) is 0 Å². The van der Waals surface area contributed by atoms with Gasteiger partial charge in [0.15, 0.2) is 0 Å². The van der Waals surface area contributed by atoms with E-state index >= 15 is 0 Å². The molecule has 5 aromatic carbocycles. The molecule has 1 nitrogen and oxygen atoms in total. The number of aryl methyl sites for hydroxylation is 1. The standard InChI is InChI=1S/C29H31NSi/c1-19-7-8-20-9-10-21-11-12-22-13-15-24-26(31(4,5)6)16-14-23(18-30(2)3)28(24)29(22)27(21)25(20)17-19/h7-17H,18H2,1-6H3. The first-order valence-electron chi connectivity index (χ1n) is 11.2. The lowest BCUT2D eigenvalue weighted by Crippen LogP contribution is -2.38. The lowest BCUT2D eigenvalue weighted by Gasteiger charge is -2.23. The van der Waals surface area contributed by atoms with E-state index < -0.39 is 8.07 Å². The molecule has 0 N–H and O–H groups in total. The topological polar surface area (TPSA) is 3.24 Å². The predicted molar refractivity (Wildman–Crippen MR) is 142 cm³/mol. The highest BCUT2D eigenvalue weighted by atomic mass is 28.3. The van der Waals surface area contributed by atoms with Crippen molar-refractivity contribution in [2.24, 2.45) is 0 Å². The van der Waals surface area contributed by atoms with Gasteiger partial charge in [0.25, 0.3) is 0 Å². The molecular weight excluding hydrogens is 390 g/mol. The summed E-state index contributed by atoms with van der Waals surface area (Å²) in [5, 5.41) is 12.6. The van der Waals surface area contributed by atoms with Gasteiger partial charge in [-0.3, -0.25) is 0 Å². The maximum Gasteiger partial charge on any atom is 0.0784 e. The van der Waals surface area contributed by atoms with Crippen molar-refractivity contribution in [2.45, 2.75) is 33.1 Å². The smallest absolute Gasteiger partial charge is 0.0784 e. The Balaban J connectivity index is 2.09. The fourth-order valence-electron chi connectivity index (χ4n) is 5.12. The monoisotopic (exact) mass is 421 g/mol. The Kier molecular flexibility index (Phi) is 4.69. The zero-order chi connectivity index (χ0) is 21.9. The van der Waals surface area contributed by atoms with Gasteiger partial charge in [-0.2, -0.15) is 0 Å². The average molecular weight is 422 g/mol. The number of benzene rings is 5. The quantitative estimate of drug-likeness (QED) is 0.220. The summed E-state index contributed by atoms with van der Waals surface area (Å²) in [6, 6.07) is 25.5. The molecule has 156 valence electrons. The molecule has 0 atom stereocenters. The van der Waals surface area contributed by atoms with Gasteiger partial charge in [0.05, 0.1) is 8.07 Å². The number of fused-ring (bicyclic) bond motifs is 7. The summed E-state index contributed by atoms with van der Waals surface area (Å²) in [4.78, 5) is 2.29. The van der Waals surface area contributed by atoms with Crippen LogP contribution in [0.5, 0.6) is 0 Å². The molecular formula is C29H31NSi. The van der Waals surface area contributed by atoms with E-state index in [4.69, 9.17) is 0 Å². The summed E-state index contributed by atoms with van der Waals surface area (Å²) in [7, 11) is 2.84. The second-order valence-electron chi connectivity index (χ2n) is 10.3.